The van der Waals surface area contributed by atoms with Crippen LogP contribution in [0.25, 0.3) is 0 Å². The molecule has 2 aromatic carbocycles. The zero-order valence-corrected chi connectivity index (χ0v) is 23.4. The molecule has 4 heteroatoms. The van der Waals surface area contributed by atoms with Crippen LogP contribution in [0.2, 0.25) is 0 Å². The van der Waals surface area contributed by atoms with Gasteiger partial charge < -0.3 is 14.2 Å². The van der Waals surface area contributed by atoms with Crippen LogP contribution in [0.15, 0.2) is 48.5 Å². The number of unbranched alkanes of at least 4 members (excludes halogenated alkanes) is 4. The molecular formula is C33H48O4. The van der Waals surface area contributed by atoms with Crippen LogP contribution in [-0.2, 0) is 0 Å². The fourth-order valence-corrected chi connectivity index (χ4v) is 4.98. The summed E-state index contributed by atoms with van der Waals surface area (Å²) in [4.78, 5) is 12.5. The summed E-state index contributed by atoms with van der Waals surface area (Å²) in [6, 6.07) is 14.5. The maximum atomic E-state index is 12.5. The van der Waals surface area contributed by atoms with Crippen molar-refractivity contribution in [2.45, 2.75) is 97.8 Å². The van der Waals surface area contributed by atoms with E-state index in [0.29, 0.717) is 29.8 Å². The highest BCUT2D eigenvalue weighted by Gasteiger charge is 2.21. The highest BCUT2D eigenvalue weighted by atomic mass is 16.5. The third-order valence-electron chi connectivity index (χ3n) is 7.87. The van der Waals surface area contributed by atoms with E-state index in [1.807, 2.05) is 24.3 Å². The minimum atomic E-state index is -0.373. The number of benzene rings is 2. The van der Waals surface area contributed by atoms with E-state index in [9.17, 15) is 4.79 Å². The summed E-state index contributed by atoms with van der Waals surface area (Å²) in [5, 5.41) is 0. The lowest BCUT2D eigenvalue weighted by molar-refractivity contribution is 0.0734. The molecule has 0 spiro atoms. The molecule has 0 bridgehead atoms. The minimum Gasteiger partial charge on any atom is -0.494 e. The van der Waals surface area contributed by atoms with Gasteiger partial charge >= 0.3 is 5.97 Å². The van der Waals surface area contributed by atoms with Crippen molar-refractivity contribution in [3.05, 3.63) is 54.1 Å². The van der Waals surface area contributed by atoms with Crippen LogP contribution in [0.3, 0.4) is 0 Å². The first kappa shape index (κ1) is 29.1. The maximum absolute atomic E-state index is 12.5. The number of hydrogen-bond acceptors (Lipinski definition) is 4. The SMILES string of the molecule is CCCCCCCC1CCC(COc2ccc(OC(=O)c3ccc(OCCC(C)CC)cc3)cc2)CC1. The zero-order valence-electron chi connectivity index (χ0n) is 23.4. The second-order valence-electron chi connectivity index (χ2n) is 10.9. The van der Waals surface area contributed by atoms with E-state index < -0.39 is 0 Å². The van der Waals surface area contributed by atoms with Crippen LogP contribution >= 0.6 is 0 Å². The molecule has 2 aromatic rings. The summed E-state index contributed by atoms with van der Waals surface area (Å²) < 4.78 is 17.4. The molecule has 1 aliphatic carbocycles. The topological polar surface area (TPSA) is 44.8 Å². The third-order valence-corrected chi connectivity index (χ3v) is 7.87. The van der Waals surface area contributed by atoms with Crippen molar-refractivity contribution in [2.24, 2.45) is 17.8 Å². The Morgan fingerprint density at radius 2 is 1.38 bits per heavy atom. The van der Waals surface area contributed by atoms with Gasteiger partial charge in [0.25, 0.3) is 0 Å². The Kier molecular flexibility index (Phi) is 12.9. The quantitative estimate of drug-likeness (QED) is 0.129. The number of esters is 1. The molecule has 0 amide bonds. The summed E-state index contributed by atoms with van der Waals surface area (Å²) in [5.74, 6) is 3.98. The van der Waals surface area contributed by atoms with Gasteiger partial charge in [-0.15, -0.1) is 0 Å². The van der Waals surface area contributed by atoms with Crippen molar-refractivity contribution in [3.63, 3.8) is 0 Å². The first-order chi connectivity index (χ1) is 18.1. The van der Waals surface area contributed by atoms with E-state index in [1.54, 1.807) is 24.3 Å². The number of hydrogen-bond donors (Lipinski definition) is 0. The predicted molar refractivity (Wildman–Crippen MR) is 152 cm³/mol. The number of rotatable bonds is 16. The Hall–Kier alpha value is -2.49. The Bertz CT molecular complexity index is 882. The van der Waals surface area contributed by atoms with E-state index in [0.717, 1.165) is 36.9 Å². The largest absolute Gasteiger partial charge is 0.494 e. The number of carbonyl (C=O) groups excluding carboxylic acids is 1. The summed E-state index contributed by atoms with van der Waals surface area (Å²) >= 11 is 0. The average molecular weight is 509 g/mol. The van der Waals surface area contributed by atoms with Crippen LogP contribution in [0.1, 0.15) is 108 Å². The molecule has 0 saturated heterocycles. The average Bonchev–Trinajstić information content (AvgIpc) is 2.93. The molecule has 4 nitrogen and oxygen atoms in total. The van der Waals surface area contributed by atoms with Crippen molar-refractivity contribution in [3.8, 4) is 17.2 Å². The van der Waals surface area contributed by atoms with Crippen LogP contribution < -0.4 is 14.2 Å². The first-order valence-corrected chi connectivity index (χ1v) is 14.7. The fraction of sp³-hybridized carbons (Fsp3) is 0.606. The fourth-order valence-electron chi connectivity index (χ4n) is 4.98. The van der Waals surface area contributed by atoms with Crippen LogP contribution in [0.4, 0.5) is 0 Å². The number of carbonyl (C=O) groups is 1. The maximum Gasteiger partial charge on any atom is 0.343 e. The van der Waals surface area contributed by atoms with Gasteiger partial charge in [-0.05, 0) is 85.5 Å². The Balaban J connectivity index is 1.33. The molecule has 0 N–H and O–H groups in total. The minimum absolute atomic E-state index is 0.373. The number of ether oxygens (including phenoxy) is 3. The standard InChI is InChI=1S/C33H48O4/c1-4-6-7-8-9-10-27-11-13-28(14-12-27)25-36-31-19-21-32(22-20-31)37-33(34)29-15-17-30(18-16-29)35-24-23-26(3)5-2/h15-22,26-28H,4-14,23-25H2,1-3H3. The summed E-state index contributed by atoms with van der Waals surface area (Å²) in [6.07, 6.45) is 15.8. The molecule has 204 valence electrons. The highest BCUT2D eigenvalue weighted by Crippen LogP contribution is 2.32. The summed E-state index contributed by atoms with van der Waals surface area (Å²) in [5.41, 5.74) is 0.506. The van der Waals surface area contributed by atoms with Crippen molar-refractivity contribution in [1.82, 2.24) is 0 Å². The van der Waals surface area contributed by atoms with Gasteiger partial charge in [-0.25, -0.2) is 4.79 Å². The molecule has 3 rings (SSSR count). The molecule has 1 unspecified atom stereocenters. The molecule has 1 saturated carbocycles. The van der Waals surface area contributed by atoms with Gasteiger partial charge in [0.05, 0.1) is 18.8 Å². The van der Waals surface area contributed by atoms with Crippen LogP contribution in [-0.4, -0.2) is 19.2 Å². The van der Waals surface area contributed by atoms with E-state index in [1.165, 1.54) is 64.2 Å². The van der Waals surface area contributed by atoms with E-state index in [4.69, 9.17) is 14.2 Å². The third kappa shape index (κ3) is 10.8. The zero-order chi connectivity index (χ0) is 26.3. The summed E-state index contributed by atoms with van der Waals surface area (Å²) in [6.45, 7) is 8.15. The molecule has 0 aromatic heterocycles. The van der Waals surface area contributed by atoms with Crippen LogP contribution in [0, 0.1) is 17.8 Å². The van der Waals surface area contributed by atoms with Gasteiger partial charge in [-0.1, -0.05) is 78.6 Å². The molecule has 1 atom stereocenters. The Labute approximate surface area is 225 Å². The van der Waals surface area contributed by atoms with E-state index >= 15 is 0 Å². The molecule has 0 heterocycles. The van der Waals surface area contributed by atoms with E-state index in [-0.39, 0.29) is 5.97 Å². The van der Waals surface area contributed by atoms with Gasteiger partial charge in [-0.3, -0.25) is 0 Å². The second kappa shape index (κ2) is 16.4. The van der Waals surface area contributed by atoms with Gasteiger partial charge in [0.15, 0.2) is 0 Å². The predicted octanol–water partition coefficient (Wildman–Crippen LogP) is 9.27. The molecule has 0 radical (unpaired) electrons. The highest BCUT2D eigenvalue weighted by molar-refractivity contribution is 5.91. The van der Waals surface area contributed by atoms with Gasteiger partial charge in [0.2, 0.25) is 0 Å². The van der Waals surface area contributed by atoms with Gasteiger partial charge in [0, 0.05) is 0 Å². The summed E-state index contributed by atoms with van der Waals surface area (Å²) in [7, 11) is 0. The smallest absolute Gasteiger partial charge is 0.343 e. The lowest BCUT2D eigenvalue weighted by atomic mass is 9.80. The Morgan fingerprint density at radius 1 is 0.784 bits per heavy atom. The van der Waals surface area contributed by atoms with Crippen molar-refractivity contribution < 1.29 is 19.0 Å². The first-order valence-electron chi connectivity index (χ1n) is 14.7. The monoisotopic (exact) mass is 508 g/mol. The molecule has 37 heavy (non-hydrogen) atoms. The molecule has 1 aliphatic rings. The van der Waals surface area contributed by atoms with Gasteiger partial charge in [0.1, 0.15) is 17.2 Å². The Morgan fingerprint density at radius 3 is 2.05 bits per heavy atom. The molecule has 0 aliphatic heterocycles. The molecule has 1 fully saturated rings. The van der Waals surface area contributed by atoms with Crippen molar-refractivity contribution >= 4 is 5.97 Å². The van der Waals surface area contributed by atoms with E-state index in [2.05, 4.69) is 20.8 Å². The molecular weight excluding hydrogens is 460 g/mol. The normalized spacial score (nSPS) is 18.2. The van der Waals surface area contributed by atoms with Gasteiger partial charge in [-0.2, -0.15) is 0 Å². The lowest BCUT2D eigenvalue weighted by Gasteiger charge is -2.28. The van der Waals surface area contributed by atoms with Crippen molar-refractivity contribution in [2.75, 3.05) is 13.2 Å². The van der Waals surface area contributed by atoms with Crippen molar-refractivity contribution in [1.29, 1.82) is 0 Å². The second-order valence-corrected chi connectivity index (χ2v) is 10.9. The van der Waals surface area contributed by atoms with Crippen LogP contribution in [0.5, 0.6) is 17.2 Å². The lowest BCUT2D eigenvalue weighted by Crippen LogP contribution is -2.20.